The smallest absolute Gasteiger partial charge is 0.136 e. The summed E-state index contributed by atoms with van der Waals surface area (Å²) < 4.78 is 6.44. The molecule has 0 radical (unpaired) electrons. The van der Waals surface area contributed by atoms with Crippen LogP contribution in [-0.4, -0.2) is 0 Å². The Morgan fingerprint density at radius 3 is 1.70 bits per heavy atom. The topological polar surface area (TPSA) is 16.4 Å². The van der Waals surface area contributed by atoms with Crippen molar-refractivity contribution in [3.8, 4) is 33.4 Å². The number of nitrogens with zero attached hydrogens (tertiary/aromatic N) is 1. The summed E-state index contributed by atoms with van der Waals surface area (Å²) in [6.07, 6.45) is 6.76. The minimum absolute atomic E-state index is 0.432. The number of fused-ring (bicyclic) bond motifs is 6. The molecule has 1 heterocycles. The molecule has 1 aromatic heterocycles. The van der Waals surface area contributed by atoms with Crippen LogP contribution in [-0.2, 0) is 5.41 Å². The largest absolute Gasteiger partial charge is 0.456 e. The summed E-state index contributed by atoms with van der Waals surface area (Å²) in [5.74, 6) is 0. The third-order valence-corrected chi connectivity index (χ3v) is 14.3. The molecule has 13 rings (SSSR count). The summed E-state index contributed by atoms with van der Waals surface area (Å²) in [7, 11) is 0. The van der Waals surface area contributed by atoms with E-state index in [2.05, 4.69) is 242 Å². The van der Waals surface area contributed by atoms with Gasteiger partial charge in [0.25, 0.3) is 0 Å². The Kier molecular flexibility index (Phi) is 9.25. The van der Waals surface area contributed by atoms with Crippen LogP contribution >= 0.6 is 0 Å². The summed E-state index contributed by atoms with van der Waals surface area (Å²) in [5.41, 5.74) is 19.8. The first-order chi connectivity index (χ1) is 33.2. The van der Waals surface area contributed by atoms with E-state index >= 15 is 0 Å². The van der Waals surface area contributed by atoms with Crippen molar-refractivity contribution in [1.29, 1.82) is 0 Å². The van der Waals surface area contributed by atoms with Gasteiger partial charge in [-0.05, 0) is 145 Å². The average Bonchev–Trinajstić information content (AvgIpc) is 3.93. The molecule has 0 saturated carbocycles. The van der Waals surface area contributed by atoms with Gasteiger partial charge in [-0.25, -0.2) is 0 Å². The molecule has 0 N–H and O–H groups in total. The Bertz CT molecular complexity index is 3670. The molecule has 2 aliphatic rings. The molecule has 0 amide bonds. The first kappa shape index (κ1) is 39.0. The summed E-state index contributed by atoms with van der Waals surface area (Å²) in [5, 5.41) is 4.69. The third-order valence-electron chi connectivity index (χ3n) is 14.3. The number of rotatable bonds is 8. The van der Waals surface area contributed by atoms with Crippen LogP contribution in [0.3, 0.4) is 0 Å². The van der Waals surface area contributed by atoms with Crippen molar-refractivity contribution in [3.63, 3.8) is 0 Å². The first-order valence-electron chi connectivity index (χ1n) is 23.4. The van der Waals surface area contributed by atoms with Crippen LogP contribution in [0.15, 0.2) is 259 Å². The summed E-state index contributed by atoms with van der Waals surface area (Å²) in [6, 6.07) is 86.6. The van der Waals surface area contributed by atoms with E-state index in [1.54, 1.807) is 0 Å². The maximum absolute atomic E-state index is 6.44. The normalized spacial score (nSPS) is 13.9. The first-order valence-corrected chi connectivity index (χ1v) is 23.4. The molecular formula is C65H45NO. The number of furan rings is 1. The maximum Gasteiger partial charge on any atom is 0.136 e. The number of anilines is 3. The molecule has 10 aromatic carbocycles. The van der Waals surface area contributed by atoms with Gasteiger partial charge >= 0.3 is 0 Å². The molecule has 316 valence electrons. The van der Waals surface area contributed by atoms with Crippen molar-refractivity contribution in [2.75, 3.05) is 4.90 Å². The molecule has 0 aliphatic heterocycles. The summed E-state index contributed by atoms with van der Waals surface area (Å²) in [6.45, 7) is 0. The maximum atomic E-state index is 6.44. The van der Waals surface area contributed by atoms with Crippen LogP contribution in [0.5, 0.6) is 0 Å². The third kappa shape index (κ3) is 6.32. The molecule has 2 aliphatic carbocycles. The molecule has 67 heavy (non-hydrogen) atoms. The van der Waals surface area contributed by atoms with Crippen molar-refractivity contribution in [3.05, 3.63) is 277 Å². The Balaban J connectivity index is 0.979. The summed E-state index contributed by atoms with van der Waals surface area (Å²) >= 11 is 0. The van der Waals surface area contributed by atoms with E-state index in [1.165, 1.54) is 66.4 Å². The molecule has 0 saturated heterocycles. The van der Waals surface area contributed by atoms with Crippen molar-refractivity contribution < 1.29 is 4.42 Å². The standard InChI is InChI=1S/C65H45NO/c1-4-16-44(17-5-1)45-28-34-51(35-29-45)66(53-38-41-57-56-24-12-14-26-60(56)65(61(57)43-53,49-19-6-2-7-20-49)50-21-8-3-9-22-50)52-36-30-47(31-37-52)55-39-32-46-18-10-11-23-54(46)64(55)48-33-40-59-58-25-13-15-27-62(58)67-63(59)42-48/h1-13,15-25,27-43H,14,26H2. The highest BCUT2D eigenvalue weighted by Crippen LogP contribution is 2.58. The SMILES string of the molecule is C1=CC2=C(CC1)C(c1ccccc1)(c1ccccc1)c1cc(N(c3ccc(-c4ccccc4)cc3)c3ccc(-c4ccc5ccccc5c4-c4ccc5c(c4)oc4ccccc45)cc3)ccc12. The van der Waals surface area contributed by atoms with Gasteiger partial charge in [0, 0.05) is 27.8 Å². The van der Waals surface area contributed by atoms with Crippen LogP contribution < -0.4 is 4.90 Å². The van der Waals surface area contributed by atoms with Crippen LogP contribution in [0.2, 0.25) is 0 Å². The molecule has 11 aromatic rings. The van der Waals surface area contributed by atoms with Gasteiger partial charge in [-0.2, -0.15) is 0 Å². The van der Waals surface area contributed by atoms with Crippen molar-refractivity contribution in [2.45, 2.75) is 18.3 Å². The van der Waals surface area contributed by atoms with Gasteiger partial charge in [0.15, 0.2) is 0 Å². The number of para-hydroxylation sites is 1. The van der Waals surface area contributed by atoms with E-state index in [9.17, 15) is 0 Å². The minimum Gasteiger partial charge on any atom is -0.456 e. The second-order valence-corrected chi connectivity index (χ2v) is 17.9. The second-order valence-electron chi connectivity index (χ2n) is 17.9. The molecule has 0 bridgehead atoms. The highest BCUT2D eigenvalue weighted by Gasteiger charge is 2.47. The van der Waals surface area contributed by atoms with E-state index in [-0.39, 0.29) is 0 Å². The van der Waals surface area contributed by atoms with Crippen LogP contribution in [0.25, 0.3) is 71.7 Å². The van der Waals surface area contributed by atoms with Crippen molar-refractivity contribution >= 4 is 55.3 Å². The molecule has 0 unspecified atom stereocenters. The number of hydrogen-bond donors (Lipinski definition) is 0. The minimum atomic E-state index is -0.432. The van der Waals surface area contributed by atoms with E-state index < -0.39 is 5.41 Å². The Hall–Kier alpha value is -8.46. The molecule has 2 nitrogen and oxygen atoms in total. The van der Waals surface area contributed by atoms with E-state index in [1.807, 2.05) is 12.1 Å². The predicted octanol–water partition coefficient (Wildman–Crippen LogP) is 17.7. The van der Waals surface area contributed by atoms with Gasteiger partial charge in [0.1, 0.15) is 11.2 Å². The quantitative estimate of drug-likeness (QED) is 0.151. The number of benzene rings is 10. The average molecular weight is 856 g/mol. The zero-order chi connectivity index (χ0) is 44.3. The highest BCUT2D eigenvalue weighted by atomic mass is 16.3. The highest BCUT2D eigenvalue weighted by molar-refractivity contribution is 6.09. The van der Waals surface area contributed by atoms with Gasteiger partial charge in [0.2, 0.25) is 0 Å². The molecule has 0 fully saturated rings. The van der Waals surface area contributed by atoms with E-state index in [4.69, 9.17) is 4.42 Å². The Labute approximate surface area is 391 Å². The zero-order valence-electron chi connectivity index (χ0n) is 36.9. The summed E-state index contributed by atoms with van der Waals surface area (Å²) in [4.78, 5) is 2.43. The van der Waals surface area contributed by atoms with Gasteiger partial charge in [0.05, 0.1) is 5.41 Å². The van der Waals surface area contributed by atoms with Crippen LogP contribution in [0.4, 0.5) is 17.1 Å². The lowest BCUT2D eigenvalue weighted by atomic mass is 9.65. The lowest BCUT2D eigenvalue weighted by Gasteiger charge is -2.37. The Morgan fingerprint density at radius 2 is 0.970 bits per heavy atom. The van der Waals surface area contributed by atoms with E-state index in [0.717, 1.165) is 63.0 Å². The van der Waals surface area contributed by atoms with Crippen LogP contribution in [0.1, 0.15) is 35.1 Å². The van der Waals surface area contributed by atoms with Gasteiger partial charge in [-0.1, -0.05) is 194 Å². The van der Waals surface area contributed by atoms with Gasteiger partial charge in [-0.3, -0.25) is 0 Å². The fourth-order valence-corrected chi connectivity index (χ4v) is 11.3. The second kappa shape index (κ2) is 15.9. The fourth-order valence-electron chi connectivity index (χ4n) is 11.3. The van der Waals surface area contributed by atoms with Crippen molar-refractivity contribution in [1.82, 2.24) is 0 Å². The lowest BCUT2D eigenvalue weighted by molar-refractivity contribution is 0.669. The fraction of sp³-hybridized carbons (Fsp3) is 0.0462. The zero-order valence-corrected chi connectivity index (χ0v) is 36.9. The van der Waals surface area contributed by atoms with Crippen LogP contribution in [0, 0.1) is 0 Å². The predicted molar refractivity (Wildman–Crippen MR) is 280 cm³/mol. The van der Waals surface area contributed by atoms with Crippen molar-refractivity contribution in [2.24, 2.45) is 0 Å². The van der Waals surface area contributed by atoms with E-state index in [0.29, 0.717) is 0 Å². The number of allylic oxidation sites excluding steroid dienone is 4. The molecule has 0 atom stereocenters. The number of hydrogen-bond acceptors (Lipinski definition) is 2. The van der Waals surface area contributed by atoms with Gasteiger partial charge < -0.3 is 9.32 Å². The lowest BCUT2D eigenvalue weighted by Crippen LogP contribution is -2.30. The molecule has 2 heteroatoms. The molecule has 0 spiro atoms. The monoisotopic (exact) mass is 855 g/mol. The van der Waals surface area contributed by atoms with Gasteiger partial charge in [-0.15, -0.1) is 0 Å². The Morgan fingerprint density at radius 1 is 0.403 bits per heavy atom. The molecular weight excluding hydrogens is 811 g/mol.